The largest absolute Gasteiger partial charge is 0.443 e. The van der Waals surface area contributed by atoms with Crippen molar-refractivity contribution in [3.8, 4) is 0 Å². The Labute approximate surface area is 99.6 Å². The first-order valence-corrected chi connectivity index (χ1v) is 5.05. The highest BCUT2D eigenvalue weighted by Crippen LogP contribution is 2.05. The minimum Gasteiger partial charge on any atom is -0.443 e. The Balaban J connectivity index is 3.54. The molecule has 0 fully saturated rings. The lowest BCUT2D eigenvalue weighted by Gasteiger charge is -2.18. The molecule has 0 rings (SSSR count). The smallest absolute Gasteiger partial charge is 0.428 e. The van der Waals surface area contributed by atoms with Crippen LogP contribution >= 0.6 is 0 Å². The van der Waals surface area contributed by atoms with E-state index in [1.54, 1.807) is 20.8 Å². The van der Waals surface area contributed by atoms with Gasteiger partial charge in [0.2, 0.25) is 0 Å². The number of rotatable bonds is 6. The van der Waals surface area contributed by atoms with E-state index in [1.807, 2.05) is 0 Å². The van der Waals surface area contributed by atoms with E-state index >= 15 is 0 Å². The lowest BCUT2D eigenvalue weighted by molar-refractivity contribution is 0.0529. The van der Waals surface area contributed by atoms with Crippen LogP contribution in [0.4, 0.5) is 4.79 Å². The first-order chi connectivity index (χ1) is 7.95. The average Bonchev–Trinajstić information content (AvgIpc) is 2.19. The fourth-order valence-corrected chi connectivity index (χ4v) is 0.723. The van der Waals surface area contributed by atoms with E-state index in [0.717, 1.165) is 0 Å². The number of hydrogen-bond acceptors (Lipinski definition) is 5. The molecule has 17 heavy (non-hydrogen) atoms. The Kier molecular flexibility index (Phi) is 7.49. The molecule has 0 aliphatic carbocycles. The van der Waals surface area contributed by atoms with Crippen molar-refractivity contribution in [1.29, 1.82) is 0 Å². The van der Waals surface area contributed by atoms with Gasteiger partial charge in [0.25, 0.3) is 0 Å². The van der Waals surface area contributed by atoms with E-state index in [1.165, 1.54) is 6.21 Å². The van der Waals surface area contributed by atoms with Gasteiger partial charge in [-0.2, -0.15) is 5.10 Å². The molecule has 0 heterocycles. The number of hydrogen-bond donors (Lipinski definition) is 1. The molecule has 0 unspecified atom stereocenters. The van der Waals surface area contributed by atoms with Gasteiger partial charge in [0.15, 0.2) is 0 Å². The third kappa shape index (κ3) is 12.1. The van der Waals surface area contributed by atoms with Crippen LogP contribution in [-0.4, -0.2) is 37.7 Å². The molecular formula is C9H17N5O3. The quantitative estimate of drug-likeness (QED) is 0.192. The number of nitrogens with one attached hydrogen (secondary N) is 1. The Morgan fingerprint density at radius 2 is 2.24 bits per heavy atom. The van der Waals surface area contributed by atoms with Crippen molar-refractivity contribution in [2.75, 3.05) is 19.8 Å². The van der Waals surface area contributed by atoms with Gasteiger partial charge in [0, 0.05) is 11.5 Å². The normalized spacial score (nSPS) is 11.0. The second-order valence-corrected chi connectivity index (χ2v) is 3.95. The number of ether oxygens (including phenoxy) is 2. The highest BCUT2D eigenvalue weighted by Gasteiger charge is 2.15. The van der Waals surface area contributed by atoms with Gasteiger partial charge in [-0.3, -0.25) is 0 Å². The van der Waals surface area contributed by atoms with Gasteiger partial charge < -0.3 is 9.47 Å². The third-order valence-corrected chi connectivity index (χ3v) is 1.24. The van der Waals surface area contributed by atoms with Crippen LogP contribution in [0.3, 0.4) is 0 Å². The first-order valence-electron chi connectivity index (χ1n) is 5.05. The molecule has 96 valence electrons. The fourth-order valence-electron chi connectivity index (χ4n) is 0.723. The summed E-state index contributed by atoms with van der Waals surface area (Å²) in [4.78, 5) is 13.7. The molecule has 0 aromatic carbocycles. The van der Waals surface area contributed by atoms with Crippen LogP contribution in [0, 0.1) is 0 Å². The van der Waals surface area contributed by atoms with Crippen molar-refractivity contribution in [3.63, 3.8) is 0 Å². The molecule has 1 amide bonds. The van der Waals surface area contributed by atoms with Crippen LogP contribution < -0.4 is 5.43 Å². The Morgan fingerprint density at radius 1 is 1.53 bits per heavy atom. The van der Waals surface area contributed by atoms with Crippen molar-refractivity contribution in [3.05, 3.63) is 10.4 Å². The van der Waals surface area contributed by atoms with Gasteiger partial charge in [-0.1, -0.05) is 5.11 Å². The van der Waals surface area contributed by atoms with Gasteiger partial charge in [-0.15, -0.1) is 0 Å². The molecule has 0 radical (unpaired) electrons. The summed E-state index contributed by atoms with van der Waals surface area (Å²) < 4.78 is 9.95. The predicted octanol–water partition coefficient (Wildman–Crippen LogP) is 1.82. The van der Waals surface area contributed by atoms with Crippen molar-refractivity contribution < 1.29 is 14.3 Å². The van der Waals surface area contributed by atoms with E-state index in [-0.39, 0.29) is 13.2 Å². The van der Waals surface area contributed by atoms with Gasteiger partial charge >= 0.3 is 6.09 Å². The summed E-state index contributed by atoms with van der Waals surface area (Å²) in [6, 6.07) is 0. The third-order valence-electron chi connectivity index (χ3n) is 1.24. The van der Waals surface area contributed by atoms with Crippen LogP contribution in [0.25, 0.3) is 10.4 Å². The SMILES string of the molecule is CC(C)(C)OC(=O)N/N=C/COCCN=[N+]=[N-]. The van der Waals surface area contributed by atoms with E-state index in [2.05, 4.69) is 20.6 Å². The van der Waals surface area contributed by atoms with Crippen LogP contribution in [0.2, 0.25) is 0 Å². The van der Waals surface area contributed by atoms with Crippen molar-refractivity contribution in [1.82, 2.24) is 5.43 Å². The minimum absolute atomic E-state index is 0.219. The van der Waals surface area contributed by atoms with Crippen LogP contribution in [-0.2, 0) is 9.47 Å². The Hall–Kier alpha value is -1.79. The molecule has 0 bridgehead atoms. The average molecular weight is 243 g/mol. The summed E-state index contributed by atoms with van der Waals surface area (Å²) in [5, 5.41) is 6.87. The molecular weight excluding hydrogens is 226 g/mol. The van der Waals surface area contributed by atoms with Crippen molar-refractivity contribution in [2.24, 2.45) is 10.2 Å². The molecule has 0 spiro atoms. The molecule has 0 saturated carbocycles. The topological polar surface area (TPSA) is 109 Å². The highest BCUT2D eigenvalue weighted by molar-refractivity contribution is 5.69. The van der Waals surface area contributed by atoms with Crippen molar-refractivity contribution in [2.45, 2.75) is 26.4 Å². The van der Waals surface area contributed by atoms with Gasteiger partial charge in [0.05, 0.1) is 19.4 Å². The summed E-state index contributed by atoms with van der Waals surface area (Å²) in [6.45, 7) is 6.07. The molecule has 1 N–H and O–H groups in total. The van der Waals surface area contributed by atoms with Crippen molar-refractivity contribution >= 4 is 12.3 Å². The van der Waals surface area contributed by atoms with Crippen LogP contribution in [0.1, 0.15) is 20.8 Å². The molecule has 0 atom stereocenters. The lowest BCUT2D eigenvalue weighted by atomic mass is 10.2. The highest BCUT2D eigenvalue weighted by atomic mass is 16.6. The maximum atomic E-state index is 11.1. The van der Waals surface area contributed by atoms with E-state index in [0.29, 0.717) is 6.61 Å². The zero-order valence-electron chi connectivity index (χ0n) is 10.2. The Bertz CT molecular complexity index is 304. The second-order valence-electron chi connectivity index (χ2n) is 3.95. The maximum absolute atomic E-state index is 11.1. The monoisotopic (exact) mass is 243 g/mol. The molecule has 0 aliphatic heterocycles. The van der Waals surface area contributed by atoms with Gasteiger partial charge in [-0.25, -0.2) is 10.2 Å². The molecule has 8 nitrogen and oxygen atoms in total. The summed E-state index contributed by atoms with van der Waals surface area (Å²) in [7, 11) is 0. The molecule has 8 heteroatoms. The number of amides is 1. The number of azide groups is 1. The zero-order chi connectivity index (χ0) is 13.1. The second kappa shape index (κ2) is 8.37. The fraction of sp³-hybridized carbons (Fsp3) is 0.778. The molecule has 0 aromatic heterocycles. The molecule has 0 saturated heterocycles. The number of carbonyl (C=O) groups is 1. The molecule has 0 aromatic rings. The zero-order valence-corrected chi connectivity index (χ0v) is 10.2. The number of carbonyl (C=O) groups excluding carboxylic acids is 1. The summed E-state index contributed by atoms with van der Waals surface area (Å²) in [5.41, 5.74) is 9.61. The van der Waals surface area contributed by atoms with Crippen LogP contribution in [0.5, 0.6) is 0 Å². The van der Waals surface area contributed by atoms with E-state index < -0.39 is 11.7 Å². The van der Waals surface area contributed by atoms with Gasteiger partial charge in [-0.05, 0) is 26.3 Å². The van der Waals surface area contributed by atoms with E-state index in [9.17, 15) is 4.79 Å². The maximum Gasteiger partial charge on any atom is 0.428 e. The van der Waals surface area contributed by atoms with Gasteiger partial charge in [0.1, 0.15) is 5.60 Å². The Morgan fingerprint density at radius 3 is 2.82 bits per heavy atom. The summed E-state index contributed by atoms with van der Waals surface area (Å²) in [6.07, 6.45) is 0.753. The first kappa shape index (κ1) is 15.2. The number of hydrazone groups is 1. The summed E-state index contributed by atoms with van der Waals surface area (Å²) in [5.74, 6) is 0. The minimum atomic E-state index is -0.622. The van der Waals surface area contributed by atoms with E-state index in [4.69, 9.17) is 15.0 Å². The van der Waals surface area contributed by atoms with Crippen LogP contribution in [0.15, 0.2) is 10.2 Å². The standard InChI is InChI=1S/C9H17N5O3/c1-9(2,3)17-8(15)13-11-4-6-16-7-5-12-14-10/h4H,5-7H2,1-3H3,(H,13,15)/b11-4+. The lowest BCUT2D eigenvalue weighted by Crippen LogP contribution is -2.29. The summed E-state index contributed by atoms with van der Waals surface area (Å²) >= 11 is 0. The molecule has 0 aliphatic rings. The predicted molar refractivity (Wildman–Crippen MR) is 62.7 cm³/mol. The number of nitrogens with zero attached hydrogens (tertiary/aromatic N) is 4.